The number of amides is 1. The molecule has 4 rings (SSSR count). The first-order chi connectivity index (χ1) is 14.7. The number of halogens is 3. The summed E-state index contributed by atoms with van der Waals surface area (Å²) in [5, 5.41) is 0.702. The first-order valence-corrected chi connectivity index (χ1v) is 10.1. The molecule has 0 saturated carbocycles. The number of aryl methyl sites for hydroxylation is 1. The average Bonchev–Trinajstić information content (AvgIpc) is 3.16. The Balaban J connectivity index is 1.86. The number of aromatic nitrogens is 2. The molecule has 158 valence electrons. The summed E-state index contributed by atoms with van der Waals surface area (Å²) in [6, 6.07) is 13.0. The molecule has 2 heterocycles. The van der Waals surface area contributed by atoms with Gasteiger partial charge in [0.15, 0.2) is 0 Å². The van der Waals surface area contributed by atoms with Gasteiger partial charge in [-0.3, -0.25) is 9.59 Å². The number of nitrogens with one attached hydrogen (secondary N) is 1. The van der Waals surface area contributed by atoms with Gasteiger partial charge in [-0.05, 0) is 36.8 Å². The summed E-state index contributed by atoms with van der Waals surface area (Å²) >= 11 is 1.12. The largest absolute Gasteiger partial charge is 0.416 e. The van der Waals surface area contributed by atoms with Gasteiger partial charge in [0.25, 0.3) is 5.91 Å². The van der Waals surface area contributed by atoms with Crippen molar-refractivity contribution in [2.75, 3.05) is 4.90 Å². The molecule has 0 unspecified atom stereocenters. The Hall–Kier alpha value is -3.46. The molecule has 0 spiro atoms. The summed E-state index contributed by atoms with van der Waals surface area (Å²) in [4.78, 5) is 33.9. The minimum atomic E-state index is -4.55. The maximum absolute atomic E-state index is 13.3. The van der Waals surface area contributed by atoms with E-state index in [9.17, 15) is 22.8 Å². The van der Waals surface area contributed by atoms with Crippen LogP contribution in [0.4, 0.5) is 18.9 Å². The van der Waals surface area contributed by atoms with E-state index >= 15 is 0 Å². The van der Waals surface area contributed by atoms with Crippen LogP contribution in [0.2, 0.25) is 0 Å². The monoisotopic (exact) mass is 443 g/mol. The highest BCUT2D eigenvalue weighted by molar-refractivity contribution is 7.12. The van der Waals surface area contributed by atoms with Crippen molar-refractivity contribution in [3.05, 3.63) is 92.2 Å². The fourth-order valence-corrected chi connectivity index (χ4v) is 4.09. The maximum Gasteiger partial charge on any atom is 0.416 e. The number of carbonyl (C=O) groups excluding carboxylic acids is 1. The molecule has 1 amide bonds. The quantitative estimate of drug-likeness (QED) is 0.474. The van der Waals surface area contributed by atoms with Crippen molar-refractivity contribution in [1.82, 2.24) is 9.97 Å². The van der Waals surface area contributed by atoms with E-state index in [1.54, 1.807) is 31.2 Å². The molecule has 0 fully saturated rings. The lowest BCUT2D eigenvalue weighted by atomic mass is 10.1. The highest BCUT2D eigenvalue weighted by Gasteiger charge is 2.32. The molecule has 0 aliphatic carbocycles. The number of H-pyrrole nitrogens is 1. The van der Waals surface area contributed by atoms with Gasteiger partial charge in [-0.15, -0.1) is 11.3 Å². The second-order valence-corrected chi connectivity index (χ2v) is 7.77. The topological polar surface area (TPSA) is 66.1 Å². The number of pyridine rings is 1. The van der Waals surface area contributed by atoms with E-state index in [0.717, 1.165) is 23.5 Å². The van der Waals surface area contributed by atoms with Crippen LogP contribution >= 0.6 is 11.3 Å². The standard InChI is InChI=1S/C22H16F3N3O2S/c1-13-20(31-12-26-13)21(30)28(16-6-4-5-15(10-16)22(23,24)25)11-14-9-19(29)27-18-8-3-2-7-17(14)18/h2-10,12H,11H2,1H3,(H,27,29). The number of aromatic amines is 1. The SMILES string of the molecule is Cc1ncsc1C(=O)N(Cc1cc(=O)[nH]c2ccccc12)c1cccc(C(F)(F)F)c1. The predicted octanol–water partition coefficient (Wildman–Crippen LogP) is 5.16. The van der Waals surface area contributed by atoms with Gasteiger partial charge < -0.3 is 9.88 Å². The molecule has 2 aromatic carbocycles. The van der Waals surface area contributed by atoms with Gasteiger partial charge in [-0.25, -0.2) is 4.98 Å². The van der Waals surface area contributed by atoms with Crippen molar-refractivity contribution in [3.8, 4) is 0 Å². The Labute approximate surface area is 178 Å². The summed E-state index contributed by atoms with van der Waals surface area (Å²) in [6.07, 6.45) is -4.55. The molecular formula is C22H16F3N3O2S. The molecule has 0 saturated heterocycles. The van der Waals surface area contributed by atoms with Gasteiger partial charge in [-0.2, -0.15) is 13.2 Å². The first kappa shape index (κ1) is 20.8. The number of rotatable bonds is 4. The minimum absolute atomic E-state index is 0.0805. The second kappa shape index (κ2) is 7.99. The van der Waals surface area contributed by atoms with Gasteiger partial charge in [0.2, 0.25) is 5.56 Å². The van der Waals surface area contributed by atoms with Gasteiger partial charge in [0, 0.05) is 22.7 Å². The summed E-state index contributed by atoms with van der Waals surface area (Å²) in [5.41, 5.74) is 1.95. The van der Waals surface area contributed by atoms with Crippen LogP contribution in [-0.2, 0) is 12.7 Å². The van der Waals surface area contributed by atoms with E-state index in [4.69, 9.17) is 0 Å². The van der Waals surface area contributed by atoms with Gasteiger partial charge in [0.1, 0.15) is 4.88 Å². The summed E-state index contributed by atoms with van der Waals surface area (Å²) in [5.74, 6) is -0.483. The summed E-state index contributed by atoms with van der Waals surface area (Å²) in [7, 11) is 0. The number of thiazole rings is 1. The lowest BCUT2D eigenvalue weighted by Crippen LogP contribution is -2.31. The third-order valence-electron chi connectivity index (χ3n) is 4.83. The number of benzene rings is 2. The van der Waals surface area contributed by atoms with Crippen LogP contribution in [0.1, 0.15) is 26.5 Å². The van der Waals surface area contributed by atoms with Crippen molar-refractivity contribution in [3.63, 3.8) is 0 Å². The number of anilines is 1. The minimum Gasteiger partial charge on any atom is -0.322 e. The number of hydrogen-bond acceptors (Lipinski definition) is 4. The number of alkyl halides is 3. The molecular weight excluding hydrogens is 427 g/mol. The average molecular weight is 443 g/mol. The van der Waals surface area contributed by atoms with Crippen molar-refractivity contribution in [1.29, 1.82) is 0 Å². The molecule has 9 heteroatoms. The lowest BCUT2D eigenvalue weighted by Gasteiger charge is -2.24. The van der Waals surface area contributed by atoms with Crippen molar-refractivity contribution in [2.45, 2.75) is 19.6 Å². The molecule has 5 nitrogen and oxygen atoms in total. The molecule has 1 N–H and O–H groups in total. The number of para-hydroxylation sites is 1. The number of nitrogens with zero attached hydrogens (tertiary/aromatic N) is 2. The zero-order valence-electron chi connectivity index (χ0n) is 16.2. The Morgan fingerprint density at radius 3 is 2.61 bits per heavy atom. The fraction of sp³-hybridized carbons (Fsp3) is 0.136. The molecule has 0 atom stereocenters. The van der Waals surface area contributed by atoms with Crippen molar-refractivity contribution >= 4 is 33.8 Å². The van der Waals surface area contributed by atoms with E-state index in [0.29, 0.717) is 27.0 Å². The molecule has 2 aromatic heterocycles. The van der Waals surface area contributed by atoms with Crippen LogP contribution in [0.5, 0.6) is 0 Å². The molecule has 0 aliphatic heterocycles. The normalized spacial score (nSPS) is 11.6. The highest BCUT2D eigenvalue weighted by atomic mass is 32.1. The first-order valence-electron chi connectivity index (χ1n) is 9.24. The highest BCUT2D eigenvalue weighted by Crippen LogP contribution is 2.33. The third kappa shape index (κ3) is 4.22. The summed E-state index contributed by atoms with van der Waals surface area (Å²) in [6.45, 7) is 1.58. The Bertz CT molecular complexity index is 1330. The fourth-order valence-electron chi connectivity index (χ4n) is 3.34. The van der Waals surface area contributed by atoms with Crippen LogP contribution in [0.15, 0.2) is 64.9 Å². The van der Waals surface area contributed by atoms with E-state index in [1.807, 2.05) is 0 Å². The van der Waals surface area contributed by atoms with Crippen LogP contribution < -0.4 is 10.5 Å². The molecule has 0 bridgehead atoms. The van der Waals surface area contributed by atoms with E-state index < -0.39 is 17.6 Å². The third-order valence-corrected chi connectivity index (χ3v) is 5.75. The Morgan fingerprint density at radius 1 is 1.13 bits per heavy atom. The zero-order valence-corrected chi connectivity index (χ0v) is 17.1. The smallest absolute Gasteiger partial charge is 0.322 e. The molecule has 0 radical (unpaired) electrons. The number of carbonyl (C=O) groups is 1. The van der Waals surface area contributed by atoms with Crippen LogP contribution in [0.3, 0.4) is 0 Å². The second-order valence-electron chi connectivity index (χ2n) is 6.91. The zero-order chi connectivity index (χ0) is 22.2. The van der Waals surface area contributed by atoms with E-state index in [2.05, 4.69) is 9.97 Å². The predicted molar refractivity (Wildman–Crippen MR) is 113 cm³/mol. The van der Waals surface area contributed by atoms with E-state index in [1.165, 1.54) is 28.6 Å². The van der Waals surface area contributed by atoms with Crippen molar-refractivity contribution in [2.24, 2.45) is 0 Å². The maximum atomic E-state index is 13.3. The molecule has 31 heavy (non-hydrogen) atoms. The Kier molecular flexibility index (Phi) is 5.36. The Morgan fingerprint density at radius 2 is 1.90 bits per heavy atom. The van der Waals surface area contributed by atoms with Gasteiger partial charge >= 0.3 is 6.18 Å². The van der Waals surface area contributed by atoms with Gasteiger partial charge in [-0.1, -0.05) is 24.3 Å². The van der Waals surface area contributed by atoms with Crippen molar-refractivity contribution < 1.29 is 18.0 Å². The van der Waals surface area contributed by atoms with Crippen LogP contribution in [0.25, 0.3) is 10.9 Å². The summed E-state index contributed by atoms with van der Waals surface area (Å²) < 4.78 is 39.9. The molecule has 0 aliphatic rings. The number of fused-ring (bicyclic) bond motifs is 1. The number of hydrogen-bond donors (Lipinski definition) is 1. The van der Waals surface area contributed by atoms with Crippen LogP contribution in [0, 0.1) is 6.92 Å². The van der Waals surface area contributed by atoms with Gasteiger partial charge in [0.05, 0.1) is 23.3 Å². The molecule has 4 aromatic rings. The van der Waals surface area contributed by atoms with E-state index in [-0.39, 0.29) is 17.8 Å². The van der Waals surface area contributed by atoms with Crippen LogP contribution in [-0.4, -0.2) is 15.9 Å². The lowest BCUT2D eigenvalue weighted by molar-refractivity contribution is -0.137.